The molecule has 0 aliphatic heterocycles. The van der Waals surface area contributed by atoms with Gasteiger partial charge < -0.3 is 5.32 Å². The molecule has 0 aliphatic carbocycles. The molecular formula is C17H19ClN2O. The summed E-state index contributed by atoms with van der Waals surface area (Å²) < 4.78 is 0. The summed E-state index contributed by atoms with van der Waals surface area (Å²) in [6, 6.07) is 13.2. The Hall–Kier alpha value is -1.87. The highest BCUT2D eigenvalue weighted by Crippen LogP contribution is 2.19. The number of nitrogens with zero attached hydrogens (tertiary/aromatic N) is 1. The van der Waals surface area contributed by atoms with Gasteiger partial charge in [0.05, 0.1) is 6.04 Å². The van der Waals surface area contributed by atoms with Gasteiger partial charge in [-0.05, 0) is 30.5 Å². The number of pyridine rings is 1. The first-order valence-electron chi connectivity index (χ1n) is 7.00. The lowest BCUT2D eigenvalue weighted by Crippen LogP contribution is -2.26. The second-order valence-corrected chi connectivity index (χ2v) is 5.75. The summed E-state index contributed by atoms with van der Waals surface area (Å²) in [4.78, 5) is 16.6. The van der Waals surface area contributed by atoms with E-state index in [4.69, 9.17) is 11.6 Å². The summed E-state index contributed by atoms with van der Waals surface area (Å²) in [5.41, 5.74) is 2.43. The summed E-state index contributed by atoms with van der Waals surface area (Å²) in [6.45, 7) is 6.00. The van der Waals surface area contributed by atoms with E-state index >= 15 is 0 Å². The van der Waals surface area contributed by atoms with E-state index in [0.29, 0.717) is 10.7 Å². The number of nitrogens with one attached hydrogen (secondary N) is 1. The smallest absolute Gasteiger partial charge is 0.251 e. The zero-order chi connectivity index (χ0) is 15.4. The van der Waals surface area contributed by atoms with Gasteiger partial charge in [0.1, 0.15) is 5.15 Å². The molecule has 0 bridgehead atoms. The number of hydrogen-bond donors (Lipinski definition) is 1. The molecule has 0 unspecified atom stereocenters. The maximum atomic E-state index is 12.4. The number of rotatable bonds is 4. The number of benzene rings is 1. The first kappa shape index (κ1) is 15.5. The van der Waals surface area contributed by atoms with Crippen molar-refractivity contribution in [3.63, 3.8) is 0 Å². The van der Waals surface area contributed by atoms with E-state index in [-0.39, 0.29) is 17.9 Å². The standard InChI is InChI=1S/C17H19ClN2O/c1-11(2)15-9-14(10-16(18)20-15)17(21)19-12(3)13-7-5-4-6-8-13/h4-12H,1-3H3,(H,19,21)/t12-/m0/s1. The summed E-state index contributed by atoms with van der Waals surface area (Å²) in [5.74, 6) is 0.0827. The lowest BCUT2D eigenvalue weighted by atomic mass is 10.1. The van der Waals surface area contributed by atoms with Crippen molar-refractivity contribution in [2.75, 3.05) is 0 Å². The van der Waals surface area contributed by atoms with Gasteiger partial charge in [-0.1, -0.05) is 55.8 Å². The summed E-state index contributed by atoms with van der Waals surface area (Å²) >= 11 is 6.00. The molecule has 1 N–H and O–H groups in total. The van der Waals surface area contributed by atoms with Gasteiger partial charge in [0.15, 0.2) is 0 Å². The van der Waals surface area contributed by atoms with Gasteiger partial charge in [-0.25, -0.2) is 4.98 Å². The molecule has 110 valence electrons. The van der Waals surface area contributed by atoms with E-state index in [9.17, 15) is 4.79 Å². The Morgan fingerprint density at radius 1 is 1.14 bits per heavy atom. The normalized spacial score (nSPS) is 12.2. The predicted octanol–water partition coefficient (Wildman–Crippen LogP) is 4.35. The molecule has 1 atom stereocenters. The molecule has 0 spiro atoms. The predicted molar refractivity (Wildman–Crippen MR) is 85.7 cm³/mol. The molecule has 1 heterocycles. The number of carbonyl (C=O) groups is 1. The van der Waals surface area contributed by atoms with Crippen molar-refractivity contribution in [3.8, 4) is 0 Å². The minimum Gasteiger partial charge on any atom is -0.346 e. The van der Waals surface area contributed by atoms with Crippen LogP contribution in [0.5, 0.6) is 0 Å². The van der Waals surface area contributed by atoms with Crippen LogP contribution in [0.25, 0.3) is 0 Å². The second kappa shape index (κ2) is 6.72. The molecule has 3 nitrogen and oxygen atoms in total. The van der Waals surface area contributed by atoms with Crippen LogP contribution in [0.4, 0.5) is 0 Å². The first-order valence-corrected chi connectivity index (χ1v) is 7.38. The van der Waals surface area contributed by atoms with Crippen LogP contribution in [0.15, 0.2) is 42.5 Å². The molecule has 1 aromatic carbocycles. The van der Waals surface area contributed by atoms with Crippen molar-refractivity contribution in [2.45, 2.75) is 32.7 Å². The van der Waals surface area contributed by atoms with Crippen LogP contribution in [0, 0.1) is 0 Å². The zero-order valence-corrected chi connectivity index (χ0v) is 13.2. The van der Waals surface area contributed by atoms with E-state index in [1.807, 2.05) is 51.1 Å². The number of carbonyl (C=O) groups excluding carboxylic acids is 1. The summed E-state index contributed by atoms with van der Waals surface area (Å²) in [6.07, 6.45) is 0. The van der Waals surface area contributed by atoms with Gasteiger partial charge >= 0.3 is 0 Å². The number of halogens is 1. The van der Waals surface area contributed by atoms with Crippen molar-refractivity contribution in [3.05, 3.63) is 64.4 Å². The fraction of sp³-hybridized carbons (Fsp3) is 0.294. The molecule has 1 aromatic heterocycles. The van der Waals surface area contributed by atoms with Crippen molar-refractivity contribution < 1.29 is 4.79 Å². The van der Waals surface area contributed by atoms with E-state index in [2.05, 4.69) is 10.3 Å². The molecule has 0 fully saturated rings. The highest BCUT2D eigenvalue weighted by molar-refractivity contribution is 6.29. The molecular weight excluding hydrogens is 284 g/mol. The molecule has 1 amide bonds. The van der Waals surface area contributed by atoms with Crippen LogP contribution in [0.2, 0.25) is 5.15 Å². The van der Waals surface area contributed by atoms with E-state index in [0.717, 1.165) is 11.3 Å². The van der Waals surface area contributed by atoms with Crippen LogP contribution in [-0.2, 0) is 0 Å². The molecule has 0 aliphatic rings. The van der Waals surface area contributed by atoms with Crippen LogP contribution in [0.3, 0.4) is 0 Å². The molecule has 4 heteroatoms. The number of hydrogen-bond acceptors (Lipinski definition) is 2. The Labute approximate surface area is 130 Å². The SMILES string of the molecule is CC(C)c1cc(C(=O)N[C@@H](C)c2ccccc2)cc(Cl)n1. The van der Waals surface area contributed by atoms with Crippen LogP contribution >= 0.6 is 11.6 Å². The maximum Gasteiger partial charge on any atom is 0.251 e. The zero-order valence-electron chi connectivity index (χ0n) is 12.4. The lowest BCUT2D eigenvalue weighted by Gasteiger charge is -2.15. The minimum absolute atomic E-state index is 0.0619. The van der Waals surface area contributed by atoms with Crippen LogP contribution < -0.4 is 5.32 Å². The van der Waals surface area contributed by atoms with Gasteiger partial charge in [-0.2, -0.15) is 0 Å². The summed E-state index contributed by atoms with van der Waals surface area (Å²) in [7, 11) is 0. The fourth-order valence-electron chi connectivity index (χ4n) is 2.05. The monoisotopic (exact) mass is 302 g/mol. The minimum atomic E-state index is -0.141. The molecule has 21 heavy (non-hydrogen) atoms. The largest absolute Gasteiger partial charge is 0.346 e. The second-order valence-electron chi connectivity index (χ2n) is 5.36. The molecule has 0 radical (unpaired) electrons. The maximum absolute atomic E-state index is 12.4. The highest BCUT2D eigenvalue weighted by Gasteiger charge is 2.14. The van der Waals surface area contributed by atoms with Gasteiger partial charge in [-0.3, -0.25) is 4.79 Å². The van der Waals surface area contributed by atoms with Gasteiger partial charge in [-0.15, -0.1) is 0 Å². The summed E-state index contributed by atoms with van der Waals surface area (Å²) in [5, 5.41) is 3.33. The molecule has 2 rings (SSSR count). The quantitative estimate of drug-likeness (QED) is 0.853. The highest BCUT2D eigenvalue weighted by atomic mass is 35.5. The Morgan fingerprint density at radius 3 is 2.43 bits per heavy atom. The van der Waals surface area contributed by atoms with Crippen molar-refractivity contribution in [1.82, 2.24) is 10.3 Å². The van der Waals surface area contributed by atoms with Gasteiger partial charge in [0, 0.05) is 11.3 Å². The Kier molecular flexibility index (Phi) is 4.97. The van der Waals surface area contributed by atoms with Crippen molar-refractivity contribution in [2.24, 2.45) is 0 Å². The third-order valence-corrected chi connectivity index (χ3v) is 3.51. The Bertz CT molecular complexity index is 626. The average molecular weight is 303 g/mol. The third-order valence-electron chi connectivity index (χ3n) is 3.31. The van der Waals surface area contributed by atoms with Crippen LogP contribution in [0.1, 0.15) is 54.3 Å². The Morgan fingerprint density at radius 2 is 1.81 bits per heavy atom. The average Bonchev–Trinajstić information content (AvgIpc) is 2.47. The van der Waals surface area contributed by atoms with E-state index < -0.39 is 0 Å². The topological polar surface area (TPSA) is 42.0 Å². The third kappa shape index (κ3) is 4.05. The van der Waals surface area contributed by atoms with Gasteiger partial charge in [0.25, 0.3) is 5.91 Å². The number of aromatic nitrogens is 1. The molecule has 0 saturated carbocycles. The Balaban J connectivity index is 2.17. The van der Waals surface area contributed by atoms with Gasteiger partial charge in [0.2, 0.25) is 0 Å². The molecule has 2 aromatic rings. The number of amides is 1. The van der Waals surface area contributed by atoms with Crippen molar-refractivity contribution >= 4 is 17.5 Å². The first-order chi connectivity index (χ1) is 9.97. The lowest BCUT2D eigenvalue weighted by molar-refractivity contribution is 0.0939. The van der Waals surface area contributed by atoms with E-state index in [1.54, 1.807) is 12.1 Å². The van der Waals surface area contributed by atoms with E-state index in [1.165, 1.54) is 0 Å². The molecule has 0 saturated heterocycles. The van der Waals surface area contributed by atoms with Crippen LogP contribution in [-0.4, -0.2) is 10.9 Å². The van der Waals surface area contributed by atoms with Crippen molar-refractivity contribution in [1.29, 1.82) is 0 Å². The fourth-order valence-corrected chi connectivity index (χ4v) is 2.26.